The van der Waals surface area contributed by atoms with Crippen LogP contribution in [0.4, 0.5) is 23.2 Å². The van der Waals surface area contributed by atoms with Crippen molar-refractivity contribution in [2.24, 2.45) is 0 Å². The number of nitrogens with one attached hydrogen (secondary N) is 2. The van der Waals surface area contributed by atoms with Gasteiger partial charge in [-0.2, -0.15) is 13.2 Å². The molecule has 0 radical (unpaired) electrons. The van der Waals surface area contributed by atoms with Crippen LogP contribution < -0.4 is 15.5 Å². The highest BCUT2D eigenvalue weighted by Gasteiger charge is 2.56. The van der Waals surface area contributed by atoms with Crippen LogP contribution in [-0.4, -0.2) is 35.5 Å². The van der Waals surface area contributed by atoms with Crippen LogP contribution in [0.5, 0.6) is 5.75 Å². The van der Waals surface area contributed by atoms with Crippen molar-refractivity contribution in [1.82, 2.24) is 4.98 Å². The second-order valence-electron chi connectivity index (χ2n) is 8.85. The molecule has 0 saturated heterocycles. The van der Waals surface area contributed by atoms with E-state index in [0.29, 0.717) is 16.5 Å². The van der Waals surface area contributed by atoms with Crippen LogP contribution >= 0.6 is 0 Å². The van der Waals surface area contributed by atoms with Gasteiger partial charge in [-0.25, -0.2) is 4.39 Å². The molecule has 3 aromatic rings. The van der Waals surface area contributed by atoms with Gasteiger partial charge in [-0.15, -0.1) is 0 Å². The van der Waals surface area contributed by atoms with E-state index in [1.807, 2.05) is 0 Å². The summed E-state index contributed by atoms with van der Waals surface area (Å²) in [6.07, 6.45) is -4.19. The molecular formula is C24H26F4N2O3. The number of alkyl halides is 3. The third-order valence-corrected chi connectivity index (χ3v) is 5.80. The van der Waals surface area contributed by atoms with Gasteiger partial charge in [-0.05, 0) is 55.2 Å². The van der Waals surface area contributed by atoms with Crippen LogP contribution in [0.3, 0.4) is 0 Å². The van der Waals surface area contributed by atoms with Crippen molar-refractivity contribution >= 4 is 16.6 Å². The van der Waals surface area contributed by atoms with Gasteiger partial charge in [0.1, 0.15) is 11.6 Å². The maximum atomic E-state index is 14.0. The first-order chi connectivity index (χ1) is 15.3. The third-order valence-electron chi connectivity index (χ3n) is 5.80. The number of aromatic amines is 1. The number of benzene rings is 2. The summed E-state index contributed by atoms with van der Waals surface area (Å²) < 4.78 is 61.2. The van der Waals surface area contributed by atoms with E-state index in [1.165, 1.54) is 39.2 Å². The van der Waals surface area contributed by atoms with Gasteiger partial charge in [-0.3, -0.25) is 4.79 Å². The number of H-pyrrole nitrogens is 1. The first-order valence-electron chi connectivity index (χ1n) is 10.3. The summed E-state index contributed by atoms with van der Waals surface area (Å²) in [5.41, 5.74) is -3.21. The van der Waals surface area contributed by atoms with E-state index in [4.69, 9.17) is 4.74 Å². The SMILES string of the molecule is COc1ccc(F)cc1C(C)(C)CC(O)(CNc1ccc2[nH]cc(C)c(=O)c2c1)C(F)(F)F. The Hall–Kier alpha value is -3.07. The molecular weight excluding hydrogens is 440 g/mol. The fourth-order valence-electron chi connectivity index (χ4n) is 3.98. The van der Waals surface area contributed by atoms with E-state index in [0.717, 1.165) is 12.1 Å². The summed E-state index contributed by atoms with van der Waals surface area (Å²) in [6, 6.07) is 8.14. The Kier molecular flexibility index (Phi) is 6.48. The maximum Gasteiger partial charge on any atom is 0.418 e. The molecule has 0 aliphatic rings. The summed E-state index contributed by atoms with van der Waals surface area (Å²) in [6.45, 7) is 3.73. The van der Waals surface area contributed by atoms with Crippen LogP contribution in [0.1, 0.15) is 31.4 Å². The minimum Gasteiger partial charge on any atom is -0.496 e. The van der Waals surface area contributed by atoms with Crippen molar-refractivity contribution in [2.45, 2.75) is 44.4 Å². The highest BCUT2D eigenvalue weighted by molar-refractivity contribution is 5.82. The Bertz CT molecular complexity index is 1220. The topological polar surface area (TPSA) is 74.3 Å². The van der Waals surface area contributed by atoms with Crippen molar-refractivity contribution in [3.63, 3.8) is 0 Å². The first-order valence-corrected chi connectivity index (χ1v) is 10.3. The normalized spacial score (nSPS) is 14.2. The molecule has 5 nitrogen and oxygen atoms in total. The molecule has 0 aliphatic heterocycles. The molecule has 0 fully saturated rings. The summed E-state index contributed by atoms with van der Waals surface area (Å²) in [5, 5.41) is 13.7. The van der Waals surface area contributed by atoms with Crippen molar-refractivity contribution in [3.8, 4) is 5.75 Å². The van der Waals surface area contributed by atoms with Gasteiger partial charge in [0.2, 0.25) is 0 Å². The minimum atomic E-state index is -4.98. The lowest BCUT2D eigenvalue weighted by molar-refractivity contribution is -0.260. The number of aryl methyl sites for hydroxylation is 1. The lowest BCUT2D eigenvalue weighted by Crippen LogP contribution is -2.53. The summed E-state index contributed by atoms with van der Waals surface area (Å²) in [7, 11) is 1.34. The third kappa shape index (κ3) is 4.98. The van der Waals surface area contributed by atoms with Crippen molar-refractivity contribution < 1.29 is 27.4 Å². The second-order valence-corrected chi connectivity index (χ2v) is 8.85. The van der Waals surface area contributed by atoms with E-state index < -0.39 is 36.0 Å². The van der Waals surface area contributed by atoms with E-state index >= 15 is 0 Å². The molecule has 0 aliphatic carbocycles. The second kappa shape index (κ2) is 8.70. The molecule has 1 heterocycles. The molecule has 178 valence electrons. The Balaban J connectivity index is 1.92. The molecule has 3 rings (SSSR count). The van der Waals surface area contributed by atoms with Gasteiger partial charge in [0.15, 0.2) is 11.0 Å². The van der Waals surface area contributed by atoms with Crippen LogP contribution in [-0.2, 0) is 5.41 Å². The standard InChI is InChI=1S/C24H26F4N2O3/c1-14-11-29-19-7-6-16(10-17(19)21(14)31)30-13-23(32,24(26,27)28)12-22(2,3)18-9-15(25)5-8-20(18)33-4/h5-11,30,32H,12-13H2,1-4H3,(H,29,31). The van der Waals surface area contributed by atoms with Crippen molar-refractivity contribution in [1.29, 1.82) is 0 Å². The number of halogens is 4. The highest BCUT2D eigenvalue weighted by atomic mass is 19.4. The van der Waals surface area contributed by atoms with Crippen molar-refractivity contribution in [3.05, 3.63) is 69.8 Å². The Morgan fingerprint density at radius 3 is 2.45 bits per heavy atom. The molecule has 9 heteroatoms. The van der Waals surface area contributed by atoms with Crippen LogP contribution in [0, 0.1) is 12.7 Å². The number of aromatic nitrogens is 1. The van der Waals surface area contributed by atoms with Gasteiger partial charge < -0.3 is 20.1 Å². The molecule has 1 atom stereocenters. The fraction of sp³-hybridized carbons (Fsp3) is 0.375. The van der Waals surface area contributed by atoms with E-state index in [2.05, 4.69) is 10.3 Å². The van der Waals surface area contributed by atoms with E-state index in [9.17, 15) is 27.5 Å². The van der Waals surface area contributed by atoms with Gasteiger partial charge >= 0.3 is 6.18 Å². The molecule has 1 unspecified atom stereocenters. The quantitative estimate of drug-likeness (QED) is 0.426. The predicted octanol–water partition coefficient (Wildman–Crippen LogP) is 5.06. The Labute approximate surface area is 188 Å². The predicted molar refractivity (Wildman–Crippen MR) is 119 cm³/mol. The maximum absolute atomic E-state index is 14.0. The average Bonchev–Trinajstić information content (AvgIpc) is 2.74. The number of rotatable bonds is 7. The van der Waals surface area contributed by atoms with Crippen LogP contribution in [0.2, 0.25) is 0 Å². The largest absolute Gasteiger partial charge is 0.496 e. The zero-order valence-electron chi connectivity index (χ0n) is 18.7. The van der Waals surface area contributed by atoms with Crippen LogP contribution in [0.15, 0.2) is 47.4 Å². The molecule has 0 amide bonds. The number of hydrogen-bond acceptors (Lipinski definition) is 4. The number of hydrogen-bond donors (Lipinski definition) is 3. The van der Waals surface area contributed by atoms with Gasteiger partial charge in [0.25, 0.3) is 0 Å². The number of anilines is 1. The molecule has 3 N–H and O–H groups in total. The van der Waals surface area contributed by atoms with Crippen molar-refractivity contribution in [2.75, 3.05) is 19.0 Å². The molecule has 1 aromatic heterocycles. The highest BCUT2D eigenvalue weighted by Crippen LogP contribution is 2.43. The molecule has 2 aromatic carbocycles. The summed E-state index contributed by atoms with van der Waals surface area (Å²) >= 11 is 0. The smallest absolute Gasteiger partial charge is 0.418 e. The lowest BCUT2D eigenvalue weighted by Gasteiger charge is -2.38. The van der Waals surface area contributed by atoms with E-state index in [-0.39, 0.29) is 22.4 Å². The monoisotopic (exact) mass is 466 g/mol. The minimum absolute atomic E-state index is 0.209. The fourth-order valence-corrected chi connectivity index (χ4v) is 3.98. The first kappa shape index (κ1) is 24.6. The van der Waals surface area contributed by atoms with Crippen LogP contribution in [0.25, 0.3) is 10.9 Å². The Morgan fingerprint density at radius 2 is 1.82 bits per heavy atom. The zero-order chi connectivity index (χ0) is 24.6. The molecule has 33 heavy (non-hydrogen) atoms. The Morgan fingerprint density at radius 1 is 1.12 bits per heavy atom. The molecule has 0 bridgehead atoms. The number of methoxy groups -OCH3 is 1. The van der Waals surface area contributed by atoms with Gasteiger partial charge in [0.05, 0.1) is 13.7 Å². The number of fused-ring (bicyclic) bond motifs is 1. The molecule has 0 saturated carbocycles. The van der Waals surface area contributed by atoms with Gasteiger partial charge in [0, 0.05) is 33.9 Å². The number of pyridine rings is 1. The summed E-state index contributed by atoms with van der Waals surface area (Å²) in [4.78, 5) is 15.3. The van der Waals surface area contributed by atoms with Gasteiger partial charge in [-0.1, -0.05) is 13.8 Å². The lowest BCUT2D eigenvalue weighted by atomic mass is 9.74. The van der Waals surface area contributed by atoms with E-state index in [1.54, 1.807) is 19.2 Å². The zero-order valence-corrected chi connectivity index (χ0v) is 18.7. The average molecular weight is 466 g/mol. The number of ether oxygens (including phenoxy) is 1. The summed E-state index contributed by atoms with van der Waals surface area (Å²) in [5.74, 6) is -0.396. The number of aliphatic hydroxyl groups is 1. The molecule has 0 spiro atoms.